The Hall–Kier alpha value is -1.61. The van der Waals surface area contributed by atoms with Crippen molar-refractivity contribution in [1.82, 2.24) is 4.57 Å². The van der Waals surface area contributed by atoms with Crippen LogP contribution in [0.5, 0.6) is 0 Å². The van der Waals surface area contributed by atoms with E-state index in [0.717, 1.165) is 16.5 Å². The zero-order valence-corrected chi connectivity index (χ0v) is 8.73. The van der Waals surface area contributed by atoms with Crippen molar-refractivity contribution in [2.75, 3.05) is 6.61 Å². The lowest BCUT2D eigenvalue weighted by molar-refractivity contribution is 0.0909. The largest absolute Gasteiger partial charge is 0.361 e. The number of hydrogen-bond acceptors (Lipinski definition) is 2. The van der Waals surface area contributed by atoms with E-state index < -0.39 is 0 Å². The molecular weight excluding hydrogens is 188 g/mol. The molecule has 15 heavy (non-hydrogen) atoms. The number of para-hydroxylation sites is 1. The summed E-state index contributed by atoms with van der Waals surface area (Å²) in [5, 5.41) is 8.44. The van der Waals surface area contributed by atoms with Gasteiger partial charge in [-0.2, -0.15) is 0 Å². The molecule has 2 aromatic rings. The number of aromatic nitrogens is 1. The molecule has 3 heteroatoms. The minimum Gasteiger partial charge on any atom is -0.361 e. The first-order valence-corrected chi connectivity index (χ1v) is 5.03. The van der Waals surface area contributed by atoms with Gasteiger partial charge >= 0.3 is 0 Å². The van der Waals surface area contributed by atoms with E-state index in [1.54, 1.807) is 0 Å². The van der Waals surface area contributed by atoms with Gasteiger partial charge in [-0.15, -0.1) is 0 Å². The predicted molar refractivity (Wildman–Crippen MR) is 61.4 cm³/mol. The second-order valence-electron chi connectivity index (χ2n) is 3.34. The molecule has 0 spiro atoms. The third-order valence-corrected chi connectivity index (χ3v) is 2.41. The molecule has 0 bridgehead atoms. The van der Waals surface area contributed by atoms with Crippen molar-refractivity contribution in [3.8, 4) is 0 Å². The average Bonchev–Trinajstić information content (AvgIpc) is 2.65. The van der Waals surface area contributed by atoms with E-state index in [1.165, 1.54) is 6.21 Å². The molecule has 0 amide bonds. The molecule has 0 atom stereocenters. The molecule has 0 saturated heterocycles. The average molecular weight is 202 g/mol. The molecule has 0 aliphatic rings. The lowest BCUT2D eigenvalue weighted by atomic mass is 10.2. The number of rotatable bonds is 4. The molecule has 2 rings (SSSR count). The number of nitrogens with one attached hydrogen (secondary N) is 1. The highest BCUT2D eigenvalue weighted by Gasteiger charge is 2.04. The van der Waals surface area contributed by atoms with Gasteiger partial charge in [0.15, 0.2) is 0 Å². The summed E-state index contributed by atoms with van der Waals surface area (Å²) >= 11 is 0. The van der Waals surface area contributed by atoms with Crippen LogP contribution < -0.4 is 0 Å². The highest BCUT2D eigenvalue weighted by Crippen LogP contribution is 2.19. The maximum atomic E-state index is 7.34. The molecule has 1 N–H and O–H groups in total. The van der Waals surface area contributed by atoms with E-state index in [4.69, 9.17) is 10.1 Å². The zero-order chi connectivity index (χ0) is 10.7. The molecule has 0 saturated carbocycles. The molecule has 0 fully saturated rings. The third-order valence-electron chi connectivity index (χ3n) is 2.41. The summed E-state index contributed by atoms with van der Waals surface area (Å²) in [6, 6.07) is 8.05. The molecule has 1 aromatic heterocycles. The van der Waals surface area contributed by atoms with Gasteiger partial charge in [0.25, 0.3) is 0 Å². The smallest absolute Gasteiger partial charge is 0.122 e. The van der Waals surface area contributed by atoms with Crippen molar-refractivity contribution >= 4 is 17.1 Å². The van der Waals surface area contributed by atoms with Crippen LogP contribution in [0.2, 0.25) is 0 Å². The normalized spacial score (nSPS) is 10.7. The van der Waals surface area contributed by atoms with Gasteiger partial charge in [0.05, 0.1) is 5.52 Å². The lowest BCUT2D eigenvalue weighted by Gasteiger charge is -2.04. The zero-order valence-electron chi connectivity index (χ0n) is 8.73. The topological polar surface area (TPSA) is 38.0 Å². The number of ether oxygens (including phenoxy) is 1. The first-order chi connectivity index (χ1) is 7.36. The monoisotopic (exact) mass is 202 g/mol. The Morgan fingerprint density at radius 2 is 2.20 bits per heavy atom. The van der Waals surface area contributed by atoms with Gasteiger partial charge in [-0.3, -0.25) is 0 Å². The van der Waals surface area contributed by atoms with Gasteiger partial charge in [-0.05, 0) is 13.0 Å². The summed E-state index contributed by atoms with van der Waals surface area (Å²) in [4.78, 5) is 0. The van der Waals surface area contributed by atoms with Crippen molar-refractivity contribution in [1.29, 1.82) is 5.41 Å². The van der Waals surface area contributed by atoms with Gasteiger partial charge in [-0.25, -0.2) is 0 Å². The van der Waals surface area contributed by atoms with Crippen LogP contribution in [0.25, 0.3) is 10.9 Å². The van der Waals surface area contributed by atoms with Crippen LogP contribution >= 0.6 is 0 Å². The van der Waals surface area contributed by atoms with Gasteiger partial charge in [0, 0.05) is 30.0 Å². The third kappa shape index (κ3) is 1.78. The van der Waals surface area contributed by atoms with Crippen LogP contribution in [0.4, 0.5) is 0 Å². The number of nitrogens with zero attached hydrogens (tertiary/aromatic N) is 1. The summed E-state index contributed by atoms with van der Waals surface area (Å²) in [6.07, 6.45) is 3.33. The summed E-state index contributed by atoms with van der Waals surface area (Å²) in [6.45, 7) is 3.22. The number of hydrogen-bond donors (Lipinski definition) is 1. The highest BCUT2D eigenvalue weighted by atomic mass is 16.5. The van der Waals surface area contributed by atoms with Gasteiger partial charge in [0.1, 0.15) is 6.73 Å². The quantitative estimate of drug-likeness (QED) is 0.760. The predicted octanol–water partition coefficient (Wildman–Crippen LogP) is 2.63. The Labute approximate surface area is 88.8 Å². The molecule has 0 unspecified atom stereocenters. The van der Waals surface area contributed by atoms with E-state index in [-0.39, 0.29) is 0 Å². The molecule has 0 aliphatic carbocycles. The minimum atomic E-state index is 0.546. The van der Waals surface area contributed by atoms with E-state index in [1.807, 2.05) is 42.0 Å². The lowest BCUT2D eigenvalue weighted by Crippen LogP contribution is -2.00. The van der Waals surface area contributed by atoms with Crippen LogP contribution in [0.15, 0.2) is 30.5 Å². The molecule has 3 nitrogen and oxygen atoms in total. The Morgan fingerprint density at radius 1 is 1.40 bits per heavy atom. The molecular formula is C12H14N2O. The summed E-state index contributed by atoms with van der Waals surface area (Å²) in [7, 11) is 0. The number of fused-ring (bicyclic) bond motifs is 1. The van der Waals surface area contributed by atoms with E-state index in [0.29, 0.717) is 13.3 Å². The summed E-state index contributed by atoms with van der Waals surface area (Å²) in [5.41, 5.74) is 2.05. The molecule has 0 radical (unpaired) electrons. The van der Waals surface area contributed by atoms with Crippen molar-refractivity contribution in [2.45, 2.75) is 13.7 Å². The summed E-state index contributed by atoms with van der Waals surface area (Å²) in [5.74, 6) is 0. The van der Waals surface area contributed by atoms with E-state index in [2.05, 4.69) is 0 Å². The fraction of sp³-hybridized carbons (Fsp3) is 0.250. The maximum absolute atomic E-state index is 7.34. The molecule has 1 heterocycles. The van der Waals surface area contributed by atoms with Gasteiger partial charge < -0.3 is 14.7 Å². The van der Waals surface area contributed by atoms with Gasteiger partial charge in [-0.1, -0.05) is 18.2 Å². The first-order valence-electron chi connectivity index (χ1n) is 5.03. The van der Waals surface area contributed by atoms with Crippen molar-refractivity contribution in [3.05, 3.63) is 36.0 Å². The minimum absolute atomic E-state index is 0.546. The van der Waals surface area contributed by atoms with Crippen LogP contribution in [-0.2, 0) is 11.5 Å². The van der Waals surface area contributed by atoms with Crippen LogP contribution in [0.3, 0.4) is 0 Å². The molecule has 78 valence electrons. The van der Waals surface area contributed by atoms with Crippen molar-refractivity contribution < 1.29 is 4.74 Å². The van der Waals surface area contributed by atoms with E-state index in [9.17, 15) is 0 Å². The fourth-order valence-corrected chi connectivity index (χ4v) is 1.69. The molecule has 0 aliphatic heterocycles. The Bertz CT molecular complexity index is 473. The van der Waals surface area contributed by atoms with Crippen LogP contribution in [-0.4, -0.2) is 17.4 Å². The standard InChI is InChI=1S/C12H14N2O/c1-2-15-9-14-8-10(7-13)11-5-3-4-6-12(11)14/h3-8,13H,2,9H2,1H3. The first kappa shape index (κ1) is 9.93. The maximum Gasteiger partial charge on any atom is 0.122 e. The Kier molecular flexibility index (Phi) is 2.83. The SMILES string of the molecule is CCOCn1cc(C=N)c2ccccc21. The van der Waals surface area contributed by atoms with Crippen molar-refractivity contribution in [2.24, 2.45) is 0 Å². The summed E-state index contributed by atoms with van der Waals surface area (Å²) < 4.78 is 7.40. The number of benzene rings is 1. The second-order valence-corrected chi connectivity index (χ2v) is 3.34. The van der Waals surface area contributed by atoms with E-state index >= 15 is 0 Å². The van der Waals surface area contributed by atoms with Crippen LogP contribution in [0.1, 0.15) is 12.5 Å². The highest BCUT2D eigenvalue weighted by molar-refractivity contribution is 5.98. The fourth-order valence-electron chi connectivity index (χ4n) is 1.69. The Morgan fingerprint density at radius 3 is 2.93 bits per heavy atom. The van der Waals surface area contributed by atoms with Crippen molar-refractivity contribution in [3.63, 3.8) is 0 Å². The van der Waals surface area contributed by atoms with Gasteiger partial charge in [0.2, 0.25) is 0 Å². The molecule has 1 aromatic carbocycles. The Balaban J connectivity index is 2.50. The van der Waals surface area contributed by atoms with Crippen LogP contribution in [0, 0.1) is 5.41 Å². The second kappa shape index (κ2) is 4.28.